The van der Waals surface area contributed by atoms with Crippen LogP contribution >= 0.6 is 23.5 Å². The molecule has 1 saturated heterocycles. The van der Waals surface area contributed by atoms with Crippen molar-refractivity contribution in [2.24, 2.45) is 0 Å². The predicted molar refractivity (Wildman–Crippen MR) is 126 cm³/mol. The van der Waals surface area contributed by atoms with Crippen LogP contribution in [0.25, 0.3) is 0 Å². The Morgan fingerprint density at radius 3 is 1.59 bits per heavy atom. The van der Waals surface area contributed by atoms with Crippen molar-refractivity contribution in [3.8, 4) is 0 Å². The molecule has 0 unspecified atom stereocenters. The monoisotopic (exact) mass is 419 g/mol. The first kappa shape index (κ1) is 20.3. The molecule has 2 nitrogen and oxygen atoms in total. The van der Waals surface area contributed by atoms with Crippen LogP contribution in [0, 0.1) is 0 Å². The summed E-state index contributed by atoms with van der Waals surface area (Å²) >= 11 is 3.43. The van der Waals surface area contributed by atoms with Crippen LogP contribution in [-0.4, -0.2) is 41.2 Å². The minimum atomic E-state index is -0.564. The van der Waals surface area contributed by atoms with E-state index in [9.17, 15) is 4.79 Å². The van der Waals surface area contributed by atoms with Crippen LogP contribution in [0.2, 0.25) is 0 Å². The van der Waals surface area contributed by atoms with Crippen molar-refractivity contribution >= 4 is 28.6 Å². The third kappa shape index (κ3) is 4.61. The number of benzene rings is 3. The lowest BCUT2D eigenvalue weighted by Crippen LogP contribution is -2.37. The van der Waals surface area contributed by atoms with E-state index >= 15 is 0 Å². The van der Waals surface area contributed by atoms with Crippen LogP contribution in [-0.2, 0) is 9.54 Å². The molecule has 4 heteroatoms. The quantitative estimate of drug-likeness (QED) is 0.506. The van der Waals surface area contributed by atoms with Gasteiger partial charge < -0.3 is 0 Å². The van der Waals surface area contributed by atoms with Crippen molar-refractivity contribution in [1.29, 1.82) is 0 Å². The lowest BCUT2D eigenvalue weighted by molar-refractivity contribution is -0.112. The average molecular weight is 420 g/mol. The highest BCUT2D eigenvalue weighted by atomic mass is 32.2. The number of carbonyl (C=O) groups is 1. The number of carbonyl (C=O) groups excluding carboxylic acids is 1. The minimum absolute atomic E-state index is 0.216. The molecule has 0 aliphatic carbocycles. The van der Waals surface area contributed by atoms with Crippen molar-refractivity contribution in [2.75, 3.05) is 31.1 Å². The Balaban J connectivity index is 1.78. The van der Waals surface area contributed by atoms with Crippen molar-refractivity contribution in [3.05, 3.63) is 108 Å². The second kappa shape index (κ2) is 9.66. The van der Waals surface area contributed by atoms with Gasteiger partial charge in [0.2, 0.25) is 5.12 Å². The van der Waals surface area contributed by atoms with Gasteiger partial charge in [-0.25, -0.2) is 0 Å². The fraction of sp³-hybridized carbons (Fsp3) is 0.240. The van der Waals surface area contributed by atoms with Gasteiger partial charge in [-0.3, -0.25) is 9.69 Å². The summed E-state index contributed by atoms with van der Waals surface area (Å²) in [6.45, 7) is 2.48. The molecule has 0 aromatic heterocycles. The van der Waals surface area contributed by atoms with E-state index in [4.69, 9.17) is 0 Å². The lowest BCUT2D eigenvalue weighted by Gasteiger charge is -2.35. The molecule has 3 aromatic rings. The Hall–Kier alpha value is -2.01. The van der Waals surface area contributed by atoms with Gasteiger partial charge in [-0.15, -0.1) is 0 Å². The number of hydrogen-bond acceptors (Lipinski definition) is 4. The van der Waals surface area contributed by atoms with E-state index < -0.39 is 4.75 Å². The summed E-state index contributed by atoms with van der Waals surface area (Å²) in [7, 11) is 0. The smallest absolute Gasteiger partial charge is 0.204 e. The molecule has 0 amide bonds. The second-order valence-corrected chi connectivity index (χ2v) is 9.64. The molecule has 3 aromatic carbocycles. The summed E-state index contributed by atoms with van der Waals surface area (Å²) in [5, 5.41) is 0.216. The molecule has 0 spiro atoms. The van der Waals surface area contributed by atoms with Crippen molar-refractivity contribution in [3.63, 3.8) is 0 Å². The van der Waals surface area contributed by atoms with Crippen molar-refractivity contribution < 1.29 is 4.79 Å². The second-order valence-electron chi connectivity index (χ2n) is 7.14. The molecule has 0 atom stereocenters. The zero-order valence-corrected chi connectivity index (χ0v) is 18.0. The summed E-state index contributed by atoms with van der Waals surface area (Å²) in [5.41, 5.74) is 3.39. The largest absolute Gasteiger partial charge is 0.294 e. The lowest BCUT2D eigenvalue weighted by atomic mass is 9.84. The Morgan fingerprint density at radius 1 is 0.759 bits per heavy atom. The van der Waals surface area contributed by atoms with Gasteiger partial charge in [-0.2, -0.15) is 11.8 Å². The molecular weight excluding hydrogens is 394 g/mol. The van der Waals surface area contributed by atoms with Crippen LogP contribution in [0.5, 0.6) is 0 Å². The van der Waals surface area contributed by atoms with E-state index in [0.29, 0.717) is 6.54 Å². The first-order valence-corrected chi connectivity index (χ1v) is 11.9. The van der Waals surface area contributed by atoms with Gasteiger partial charge in [0.05, 0.1) is 11.3 Å². The molecule has 0 radical (unpaired) electrons. The Bertz CT molecular complexity index is 813. The third-order valence-corrected chi connectivity index (χ3v) is 7.58. The summed E-state index contributed by atoms with van der Waals surface area (Å²) < 4.78 is -0.564. The van der Waals surface area contributed by atoms with Gasteiger partial charge in [0, 0.05) is 24.6 Å². The molecule has 4 rings (SSSR count). The maximum absolute atomic E-state index is 13.4. The van der Waals surface area contributed by atoms with E-state index in [-0.39, 0.29) is 5.12 Å². The molecule has 0 bridgehead atoms. The maximum atomic E-state index is 13.4. The molecule has 0 N–H and O–H groups in total. The van der Waals surface area contributed by atoms with E-state index in [1.807, 2.05) is 30.0 Å². The minimum Gasteiger partial charge on any atom is -0.294 e. The van der Waals surface area contributed by atoms with E-state index in [2.05, 4.69) is 77.7 Å². The van der Waals surface area contributed by atoms with E-state index in [0.717, 1.165) is 41.3 Å². The molecule has 29 heavy (non-hydrogen) atoms. The molecule has 148 valence electrons. The van der Waals surface area contributed by atoms with Gasteiger partial charge in [0.15, 0.2) is 0 Å². The molecule has 1 aliphatic rings. The van der Waals surface area contributed by atoms with Crippen molar-refractivity contribution in [2.45, 2.75) is 4.75 Å². The van der Waals surface area contributed by atoms with Crippen LogP contribution in [0.4, 0.5) is 0 Å². The van der Waals surface area contributed by atoms with Crippen LogP contribution in [0.15, 0.2) is 91.0 Å². The topological polar surface area (TPSA) is 20.3 Å². The van der Waals surface area contributed by atoms with Gasteiger partial charge in [0.25, 0.3) is 0 Å². The fourth-order valence-corrected chi connectivity index (χ4v) is 6.17. The number of hydrogen-bond donors (Lipinski definition) is 0. The molecule has 0 saturated carbocycles. The Morgan fingerprint density at radius 2 is 1.17 bits per heavy atom. The highest BCUT2D eigenvalue weighted by Gasteiger charge is 2.39. The van der Waals surface area contributed by atoms with Gasteiger partial charge >= 0.3 is 0 Å². The fourth-order valence-electron chi connectivity index (χ4n) is 3.84. The standard InChI is InChI=1S/C25H25NOS2/c27-24(20-26-16-18-28-19-17-26)29-25(21-10-4-1-5-11-21,22-12-6-2-7-13-22)23-14-8-3-9-15-23/h1-15H,16-20H2. The van der Waals surface area contributed by atoms with Crippen LogP contribution < -0.4 is 0 Å². The molecule has 1 fully saturated rings. The first-order valence-electron chi connectivity index (χ1n) is 9.97. The molecule has 1 heterocycles. The van der Waals surface area contributed by atoms with E-state index in [1.54, 1.807) is 0 Å². The predicted octanol–water partition coefficient (Wildman–Crippen LogP) is 5.29. The number of thioether (sulfide) groups is 2. The Labute approximate surface area is 181 Å². The molecular formula is C25H25NOS2. The summed E-state index contributed by atoms with van der Waals surface area (Å²) in [6.07, 6.45) is 0. The van der Waals surface area contributed by atoms with Crippen LogP contribution in [0.3, 0.4) is 0 Å². The third-order valence-electron chi connectivity index (χ3n) is 5.26. The summed E-state index contributed by atoms with van der Waals surface area (Å²) in [6, 6.07) is 31.3. The van der Waals surface area contributed by atoms with Gasteiger partial charge in [0.1, 0.15) is 0 Å². The summed E-state index contributed by atoms with van der Waals surface area (Å²) in [5.74, 6) is 2.22. The van der Waals surface area contributed by atoms with Gasteiger partial charge in [-0.05, 0) is 16.7 Å². The highest BCUT2D eigenvalue weighted by Crippen LogP contribution is 2.48. The van der Waals surface area contributed by atoms with Crippen molar-refractivity contribution in [1.82, 2.24) is 4.90 Å². The van der Waals surface area contributed by atoms with E-state index in [1.165, 1.54) is 11.8 Å². The number of nitrogens with zero attached hydrogens (tertiary/aromatic N) is 1. The SMILES string of the molecule is O=C(CN1CCSCC1)SC(c1ccccc1)(c1ccccc1)c1ccccc1. The van der Waals surface area contributed by atoms with Crippen LogP contribution in [0.1, 0.15) is 16.7 Å². The molecule has 1 aliphatic heterocycles. The Kier molecular flexibility index (Phi) is 6.75. The average Bonchev–Trinajstić information content (AvgIpc) is 2.80. The maximum Gasteiger partial charge on any atom is 0.204 e. The zero-order chi connectivity index (χ0) is 19.9. The zero-order valence-electron chi connectivity index (χ0n) is 16.4. The highest BCUT2D eigenvalue weighted by molar-refractivity contribution is 8.14. The van der Waals surface area contributed by atoms with Gasteiger partial charge in [-0.1, -0.05) is 103 Å². The first-order chi connectivity index (χ1) is 14.3. The number of rotatable bonds is 6. The normalized spacial score (nSPS) is 15.2. The summed E-state index contributed by atoms with van der Waals surface area (Å²) in [4.78, 5) is 15.7.